The zero-order valence-corrected chi connectivity index (χ0v) is 15.4. The first-order chi connectivity index (χ1) is 11.6. The van der Waals surface area contributed by atoms with Gasteiger partial charge in [-0.1, -0.05) is 11.6 Å². The lowest BCUT2D eigenvalue weighted by Crippen LogP contribution is -2.41. The quantitative estimate of drug-likeness (QED) is 0.642. The van der Waals surface area contributed by atoms with Gasteiger partial charge in [0.25, 0.3) is 0 Å². The summed E-state index contributed by atoms with van der Waals surface area (Å²) < 4.78 is 2.53. The SMILES string of the molecule is CN=C(NCC(O)c1ccc(Cl)s1)N1CCC(c2cnn(C)c2)C1. The minimum atomic E-state index is -0.587. The van der Waals surface area contributed by atoms with E-state index in [9.17, 15) is 5.11 Å². The molecule has 0 saturated carbocycles. The number of likely N-dealkylation sites (tertiary alicyclic amines) is 1. The third-order valence-electron chi connectivity index (χ3n) is 4.27. The maximum atomic E-state index is 10.3. The highest BCUT2D eigenvalue weighted by Crippen LogP contribution is 2.28. The molecular weight excluding hydrogens is 346 g/mol. The Hall–Kier alpha value is -1.57. The van der Waals surface area contributed by atoms with Gasteiger partial charge in [-0.3, -0.25) is 9.67 Å². The Morgan fingerprint density at radius 2 is 2.42 bits per heavy atom. The number of aromatic nitrogens is 2. The standard InChI is InChI=1S/C16H22ClN5OS/c1-18-16(19-8-13(23)14-3-4-15(17)24-14)22-6-5-11(10-22)12-7-20-21(2)9-12/h3-4,7,9,11,13,23H,5-6,8,10H2,1-2H3,(H,18,19). The van der Waals surface area contributed by atoms with Crippen molar-refractivity contribution in [3.05, 3.63) is 39.3 Å². The monoisotopic (exact) mass is 367 g/mol. The summed E-state index contributed by atoms with van der Waals surface area (Å²) in [6.07, 6.45) is 4.51. The maximum absolute atomic E-state index is 10.3. The van der Waals surface area contributed by atoms with Gasteiger partial charge in [-0.2, -0.15) is 5.10 Å². The number of thiophene rings is 1. The first-order valence-electron chi connectivity index (χ1n) is 7.94. The Balaban J connectivity index is 1.55. The Labute approximate surface area is 150 Å². The molecule has 3 rings (SSSR count). The second kappa shape index (κ2) is 7.55. The zero-order chi connectivity index (χ0) is 17.1. The van der Waals surface area contributed by atoms with E-state index in [1.165, 1.54) is 16.9 Å². The van der Waals surface area contributed by atoms with Crippen LogP contribution in [-0.2, 0) is 7.05 Å². The van der Waals surface area contributed by atoms with Gasteiger partial charge in [0, 0.05) is 50.7 Å². The number of aliphatic imine (C=N–C) groups is 1. The van der Waals surface area contributed by atoms with Gasteiger partial charge in [0.05, 0.1) is 10.5 Å². The second-order valence-corrected chi connectivity index (χ2v) is 7.71. The highest BCUT2D eigenvalue weighted by Gasteiger charge is 2.27. The number of aliphatic hydroxyl groups excluding tert-OH is 1. The first kappa shape index (κ1) is 17.3. The number of nitrogens with one attached hydrogen (secondary N) is 1. The average Bonchev–Trinajstić information content (AvgIpc) is 3.28. The van der Waals surface area contributed by atoms with Crippen LogP contribution in [-0.4, -0.2) is 52.4 Å². The van der Waals surface area contributed by atoms with Gasteiger partial charge in [0.15, 0.2) is 5.96 Å². The van der Waals surface area contributed by atoms with Gasteiger partial charge in [-0.05, 0) is 24.1 Å². The summed E-state index contributed by atoms with van der Waals surface area (Å²) in [5.41, 5.74) is 1.27. The van der Waals surface area contributed by atoms with Gasteiger partial charge < -0.3 is 15.3 Å². The fraction of sp³-hybridized carbons (Fsp3) is 0.500. The Kier molecular flexibility index (Phi) is 5.43. The van der Waals surface area contributed by atoms with Crippen LogP contribution in [0.3, 0.4) is 0 Å². The van der Waals surface area contributed by atoms with Crippen molar-refractivity contribution in [2.45, 2.75) is 18.4 Å². The average molecular weight is 368 g/mol. The molecule has 0 bridgehead atoms. The molecule has 0 spiro atoms. The van der Waals surface area contributed by atoms with Crippen LogP contribution in [0.4, 0.5) is 0 Å². The molecule has 8 heteroatoms. The molecule has 0 radical (unpaired) electrons. The number of guanidine groups is 1. The Morgan fingerprint density at radius 1 is 1.58 bits per heavy atom. The summed E-state index contributed by atoms with van der Waals surface area (Å²) in [6, 6.07) is 3.66. The van der Waals surface area contributed by atoms with Crippen LogP contribution in [0.15, 0.2) is 29.5 Å². The van der Waals surface area contributed by atoms with Gasteiger partial charge in [0.1, 0.15) is 6.10 Å². The number of nitrogens with zero attached hydrogens (tertiary/aromatic N) is 4. The van der Waals surface area contributed by atoms with Crippen molar-refractivity contribution in [1.29, 1.82) is 0 Å². The molecule has 0 aromatic carbocycles. The third kappa shape index (κ3) is 3.91. The van der Waals surface area contributed by atoms with E-state index in [1.54, 1.807) is 13.1 Å². The van der Waals surface area contributed by atoms with Crippen molar-refractivity contribution < 1.29 is 5.11 Å². The minimum Gasteiger partial charge on any atom is -0.386 e. The highest BCUT2D eigenvalue weighted by atomic mass is 35.5. The molecular formula is C16H22ClN5OS. The van der Waals surface area contributed by atoms with Crippen LogP contribution in [0.1, 0.15) is 28.9 Å². The van der Waals surface area contributed by atoms with E-state index in [-0.39, 0.29) is 0 Å². The molecule has 1 aliphatic rings. The molecule has 1 aliphatic heterocycles. The summed E-state index contributed by atoms with van der Waals surface area (Å²) in [5, 5.41) is 17.8. The maximum Gasteiger partial charge on any atom is 0.193 e. The summed E-state index contributed by atoms with van der Waals surface area (Å²) in [7, 11) is 3.71. The molecule has 130 valence electrons. The van der Waals surface area contributed by atoms with Gasteiger partial charge in [0.2, 0.25) is 0 Å². The predicted molar refractivity (Wildman–Crippen MR) is 97.8 cm³/mol. The molecule has 2 N–H and O–H groups in total. The van der Waals surface area contributed by atoms with Crippen LogP contribution in [0, 0.1) is 0 Å². The van der Waals surface area contributed by atoms with E-state index in [2.05, 4.69) is 26.5 Å². The van der Waals surface area contributed by atoms with E-state index in [4.69, 9.17) is 11.6 Å². The molecule has 2 aromatic heterocycles. The number of hydrogen-bond donors (Lipinski definition) is 2. The fourth-order valence-electron chi connectivity index (χ4n) is 3.00. The molecule has 2 aromatic rings. The lowest BCUT2D eigenvalue weighted by molar-refractivity contribution is 0.183. The van der Waals surface area contributed by atoms with Crippen LogP contribution < -0.4 is 5.32 Å². The molecule has 3 heterocycles. The van der Waals surface area contributed by atoms with Crippen LogP contribution >= 0.6 is 22.9 Å². The van der Waals surface area contributed by atoms with E-state index >= 15 is 0 Å². The van der Waals surface area contributed by atoms with Gasteiger partial charge in [-0.25, -0.2) is 0 Å². The Morgan fingerprint density at radius 3 is 3.04 bits per heavy atom. The van der Waals surface area contributed by atoms with E-state index in [0.717, 1.165) is 30.3 Å². The predicted octanol–water partition coefficient (Wildman–Crippen LogP) is 2.23. The molecule has 2 unspecified atom stereocenters. The molecule has 1 saturated heterocycles. The van der Waals surface area contributed by atoms with E-state index in [0.29, 0.717) is 16.8 Å². The van der Waals surface area contributed by atoms with Crippen LogP contribution in [0.2, 0.25) is 4.34 Å². The number of halogens is 1. The highest BCUT2D eigenvalue weighted by molar-refractivity contribution is 7.16. The normalized spacial score (nSPS) is 19.8. The summed E-state index contributed by atoms with van der Waals surface area (Å²) >= 11 is 7.32. The van der Waals surface area contributed by atoms with Crippen LogP contribution in [0.25, 0.3) is 0 Å². The van der Waals surface area contributed by atoms with Crippen molar-refractivity contribution in [1.82, 2.24) is 20.0 Å². The smallest absolute Gasteiger partial charge is 0.193 e. The molecule has 1 fully saturated rings. The summed E-state index contributed by atoms with van der Waals surface area (Å²) in [5.74, 6) is 1.29. The van der Waals surface area contributed by atoms with Gasteiger partial charge >= 0.3 is 0 Å². The van der Waals surface area contributed by atoms with Gasteiger partial charge in [-0.15, -0.1) is 11.3 Å². The van der Waals surface area contributed by atoms with E-state index in [1.807, 2.05) is 24.0 Å². The molecule has 24 heavy (non-hydrogen) atoms. The molecule has 6 nitrogen and oxygen atoms in total. The molecule has 0 amide bonds. The minimum absolute atomic E-state index is 0.414. The lowest BCUT2D eigenvalue weighted by atomic mass is 10.0. The molecule has 2 atom stereocenters. The number of aryl methyl sites for hydroxylation is 1. The second-order valence-electron chi connectivity index (χ2n) is 5.96. The number of aliphatic hydroxyl groups is 1. The summed E-state index contributed by atoms with van der Waals surface area (Å²) in [4.78, 5) is 7.44. The summed E-state index contributed by atoms with van der Waals surface area (Å²) in [6.45, 7) is 2.27. The van der Waals surface area contributed by atoms with Crippen molar-refractivity contribution in [3.8, 4) is 0 Å². The third-order valence-corrected chi connectivity index (χ3v) is 5.60. The van der Waals surface area contributed by atoms with Crippen molar-refractivity contribution >= 4 is 28.9 Å². The largest absolute Gasteiger partial charge is 0.386 e. The fourth-order valence-corrected chi connectivity index (χ4v) is 4.05. The Bertz CT molecular complexity index is 713. The van der Waals surface area contributed by atoms with Crippen LogP contribution in [0.5, 0.6) is 0 Å². The topological polar surface area (TPSA) is 65.7 Å². The number of rotatable bonds is 4. The van der Waals surface area contributed by atoms with Crippen molar-refractivity contribution in [3.63, 3.8) is 0 Å². The zero-order valence-electron chi connectivity index (χ0n) is 13.8. The first-order valence-corrected chi connectivity index (χ1v) is 9.13. The van der Waals surface area contributed by atoms with E-state index < -0.39 is 6.10 Å². The van der Waals surface area contributed by atoms with Crippen molar-refractivity contribution in [2.75, 3.05) is 26.7 Å². The number of hydrogen-bond acceptors (Lipinski definition) is 4. The lowest BCUT2D eigenvalue weighted by Gasteiger charge is -2.22. The van der Waals surface area contributed by atoms with Crippen molar-refractivity contribution in [2.24, 2.45) is 12.0 Å². The molecule has 0 aliphatic carbocycles.